The lowest BCUT2D eigenvalue weighted by Crippen LogP contribution is -2.32. The Labute approximate surface area is 147 Å². The van der Waals surface area contributed by atoms with E-state index >= 15 is 0 Å². The van der Waals surface area contributed by atoms with Gasteiger partial charge in [0.05, 0.1) is 5.92 Å². The maximum atomic E-state index is 11.9. The number of hydrogen-bond donors (Lipinski definition) is 0. The van der Waals surface area contributed by atoms with Crippen LogP contribution < -0.4 is 4.74 Å². The van der Waals surface area contributed by atoms with E-state index in [9.17, 15) is 14.4 Å². The van der Waals surface area contributed by atoms with E-state index in [2.05, 4.69) is 0 Å². The molecule has 1 atom stereocenters. The minimum atomic E-state index is -1.03. The molecule has 0 aliphatic heterocycles. The van der Waals surface area contributed by atoms with E-state index < -0.39 is 18.4 Å². The summed E-state index contributed by atoms with van der Waals surface area (Å²) < 4.78 is 15.3. The first-order valence-corrected chi connectivity index (χ1v) is 8.02. The fraction of sp³-hybridized carbons (Fsp3) is 0.500. The molecule has 25 heavy (non-hydrogen) atoms. The molecular formula is C18H25NO6. The highest BCUT2D eigenvalue weighted by molar-refractivity contribution is 5.94. The number of ether oxygens (including phenoxy) is 3. The molecule has 0 heterocycles. The summed E-state index contributed by atoms with van der Waals surface area (Å²) in [6.45, 7) is 6.89. The van der Waals surface area contributed by atoms with Crippen molar-refractivity contribution < 1.29 is 28.6 Å². The summed E-state index contributed by atoms with van der Waals surface area (Å²) in [5.74, 6) is -0.955. The Bertz CT molecular complexity index is 606. The molecule has 0 radical (unpaired) electrons. The van der Waals surface area contributed by atoms with Gasteiger partial charge in [-0.3, -0.25) is 9.59 Å². The van der Waals surface area contributed by atoms with Gasteiger partial charge in [0.2, 0.25) is 0 Å². The largest absolute Gasteiger partial charge is 0.516 e. The molecule has 1 aromatic rings. The van der Waals surface area contributed by atoms with E-state index in [0.29, 0.717) is 5.56 Å². The summed E-state index contributed by atoms with van der Waals surface area (Å²) in [7, 11) is 3.29. The second-order valence-corrected chi connectivity index (χ2v) is 6.40. The summed E-state index contributed by atoms with van der Waals surface area (Å²) >= 11 is 0. The van der Waals surface area contributed by atoms with Crippen LogP contribution in [0.15, 0.2) is 24.3 Å². The Hall–Kier alpha value is -2.57. The second kappa shape index (κ2) is 9.05. The van der Waals surface area contributed by atoms with Gasteiger partial charge in [0.15, 0.2) is 0 Å². The van der Waals surface area contributed by atoms with Gasteiger partial charge in [0.1, 0.15) is 5.75 Å². The highest BCUT2D eigenvalue weighted by Gasteiger charge is 2.25. The lowest BCUT2D eigenvalue weighted by Gasteiger charge is -2.21. The van der Waals surface area contributed by atoms with E-state index in [4.69, 9.17) is 14.2 Å². The van der Waals surface area contributed by atoms with Gasteiger partial charge in [-0.1, -0.05) is 27.7 Å². The third-order valence-electron chi connectivity index (χ3n) is 3.17. The first-order valence-electron chi connectivity index (χ1n) is 8.02. The number of benzene rings is 1. The smallest absolute Gasteiger partial charge is 0.425 e. The molecule has 0 fully saturated rings. The maximum Gasteiger partial charge on any atom is 0.516 e. The Balaban J connectivity index is 2.68. The molecule has 1 aromatic carbocycles. The van der Waals surface area contributed by atoms with Gasteiger partial charge in [-0.25, -0.2) is 4.79 Å². The molecule has 0 N–H and O–H groups in total. The average molecular weight is 351 g/mol. The van der Waals surface area contributed by atoms with E-state index in [1.165, 1.54) is 17.0 Å². The molecule has 1 amide bonds. The van der Waals surface area contributed by atoms with Gasteiger partial charge in [-0.15, -0.1) is 0 Å². The first kappa shape index (κ1) is 20.5. The Morgan fingerprint density at radius 2 is 1.48 bits per heavy atom. The normalized spacial score (nSPS) is 11.8. The van der Waals surface area contributed by atoms with Gasteiger partial charge >= 0.3 is 12.1 Å². The quantitative estimate of drug-likeness (QED) is 0.445. The minimum absolute atomic E-state index is 0.158. The van der Waals surface area contributed by atoms with Crippen molar-refractivity contribution in [2.75, 3.05) is 14.1 Å². The molecule has 0 spiro atoms. The van der Waals surface area contributed by atoms with Crippen molar-refractivity contribution in [2.45, 2.75) is 34.0 Å². The van der Waals surface area contributed by atoms with Crippen molar-refractivity contribution in [3.05, 3.63) is 29.8 Å². The maximum absolute atomic E-state index is 11.9. The fourth-order valence-electron chi connectivity index (χ4n) is 1.69. The van der Waals surface area contributed by atoms with Crippen LogP contribution in [0.1, 0.15) is 38.1 Å². The van der Waals surface area contributed by atoms with Crippen molar-refractivity contribution in [2.24, 2.45) is 11.8 Å². The third kappa shape index (κ3) is 6.45. The Morgan fingerprint density at radius 3 is 1.92 bits per heavy atom. The van der Waals surface area contributed by atoms with E-state index in [-0.39, 0.29) is 23.5 Å². The first-order chi connectivity index (χ1) is 11.6. The summed E-state index contributed by atoms with van der Waals surface area (Å²) in [5, 5.41) is 0. The van der Waals surface area contributed by atoms with Gasteiger partial charge in [0.25, 0.3) is 12.2 Å². The number of amides is 1. The van der Waals surface area contributed by atoms with Crippen molar-refractivity contribution in [1.29, 1.82) is 0 Å². The van der Waals surface area contributed by atoms with E-state index in [0.717, 1.165) is 0 Å². The predicted octanol–water partition coefficient (Wildman–Crippen LogP) is 3.09. The number of carbonyl (C=O) groups is 3. The van der Waals surface area contributed by atoms with Crippen LogP contribution in [-0.2, 0) is 14.3 Å². The highest BCUT2D eigenvalue weighted by atomic mass is 16.8. The molecule has 7 nitrogen and oxygen atoms in total. The van der Waals surface area contributed by atoms with Crippen LogP contribution in [0.4, 0.5) is 4.79 Å². The molecule has 0 unspecified atom stereocenters. The molecule has 0 aliphatic carbocycles. The molecule has 1 rings (SSSR count). The minimum Gasteiger partial charge on any atom is -0.425 e. The van der Waals surface area contributed by atoms with Crippen molar-refractivity contribution >= 4 is 18.0 Å². The van der Waals surface area contributed by atoms with E-state index in [1.807, 2.05) is 0 Å². The molecular weight excluding hydrogens is 326 g/mol. The van der Waals surface area contributed by atoms with Crippen LogP contribution in [0.2, 0.25) is 0 Å². The second-order valence-electron chi connectivity index (χ2n) is 6.40. The lowest BCUT2D eigenvalue weighted by atomic mass is 10.2. The standard InChI is InChI=1S/C18H25NO6/c1-11(2)16(21)24-17(12(3)4)25-18(22)23-14-9-7-13(8-10-14)15(20)19(5)6/h7-12,17H,1-6H3/t17-/m0/s1. The van der Waals surface area contributed by atoms with Crippen LogP contribution in [0, 0.1) is 11.8 Å². The molecule has 0 saturated carbocycles. The Kier molecular flexibility index (Phi) is 7.42. The molecule has 7 heteroatoms. The van der Waals surface area contributed by atoms with Crippen molar-refractivity contribution in [3.8, 4) is 5.75 Å². The molecule has 0 bridgehead atoms. The average Bonchev–Trinajstić information content (AvgIpc) is 2.53. The lowest BCUT2D eigenvalue weighted by molar-refractivity contribution is -0.180. The zero-order valence-corrected chi connectivity index (χ0v) is 15.4. The zero-order chi connectivity index (χ0) is 19.1. The third-order valence-corrected chi connectivity index (χ3v) is 3.17. The highest BCUT2D eigenvalue weighted by Crippen LogP contribution is 2.16. The topological polar surface area (TPSA) is 82.1 Å². The van der Waals surface area contributed by atoms with Crippen LogP contribution in [0.3, 0.4) is 0 Å². The summed E-state index contributed by atoms with van der Waals surface area (Å²) in [6.07, 6.45) is -2.01. The molecule has 0 aliphatic rings. The van der Waals surface area contributed by atoms with Crippen LogP contribution in [0.5, 0.6) is 5.75 Å². The van der Waals surface area contributed by atoms with Gasteiger partial charge < -0.3 is 19.1 Å². The summed E-state index contributed by atoms with van der Waals surface area (Å²) in [5.41, 5.74) is 0.469. The number of hydrogen-bond acceptors (Lipinski definition) is 6. The SMILES string of the molecule is CC(C)C(=O)O[C@@H](OC(=O)Oc1ccc(C(=O)N(C)C)cc1)C(C)C. The Morgan fingerprint density at radius 1 is 0.920 bits per heavy atom. The monoisotopic (exact) mass is 351 g/mol. The number of esters is 1. The van der Waals surface area contributed by atoms with Gasteiger partial charge in [0, 0.05) is 25.6 Å². The van der Waals surface area contributed by atoms with E-state index in [1.54, 1.807) is 53.9 Å². The van der Waals surface area contributed by atoms with Crippen molar-refractivity contribution in [1.82, 2.24) is 4.90 Å². The van der Waals surface area contributed by atoms with Crippen LogP contribution in [0.25, 0.3) is 0 Å². The molecule has 0 saturated heterocycles. The van der Waals surface area contributed by atoms with Crippen LogP contribution >= 0.6 is 0 Å². The summed E-state index contributed by atoms with van der Waals surface area (Å²) in [6, 6.07) is 6.07. The zero-order valence-electron chi connectivity index (χ0n) is 15.4. The fourth-order valence-corrected chi connectivity index (χ4v) is 1.69. The van der Waals surface area contributed by atoms with Crippen molar-refractivity contribution in [3.63, 3.8) is 0 Å². The molecule has 138 valence electrons. The van der Waals surface area contributed by atoms with Gasteiger partial charge in [-0.05, 0) is 24.3 Å². The predicted molar refractivity (Wildman–Crippen MR) is 91.1 cm³/mol. The summed E-state index contributed by atoms with van der Waals surface area (Å²) in [4.78, 5) is 36.8. The molecule has 0 aromatic heterocycles. The number of carbonyl (C=O) groups excluding carboxylic acids is 3. The number of rotatable bonds is 6. The van der Waals surface area contributed by atoms with Crippen LogP contribution in [-0.4, -0.2) is 43.3 Å². The number of nitrogens with zero attached hydrogens (tertiary/aromatic N) is 1. The van der Waals surface area contributed by atoms with Gasteiger partial charge in [-0.2, -0.15) is 0 Å².